The Morgan fingerprint density at radius 3 is 2.94 bits per heavy atom. The fourth-order valence-corrected chi connectivity index (χ4v) is 3.28. The van der Waals surface area contributed by atoms with E-state index in [4.69, 9.17) is 4.52 Å². The van der Waals surface area contributed by atoms with Crippen LogP contribution in [0.4, 0.5) is 0 Å². The van der Waals surface area contributed by atoms with Gasteiger partial charge in [0.1, 0.15) is 6.10 Å². The van der Waals surface area contributed by atoms with Crippen molar-refractivity contribution in [2.24, 2.45) is 0 Å². The Hall–Kier alpha value is -1.20. The Morgan fingerprint density at radius 2 is 2.24 bits per heavy atom. The van der Waals surface area contributed by atoms with Gasteiger partial charge >= 0.3 is 0 Å². The molecule has 0 aromatic carbocycles. The summed E-state index contributed by atoms with van der Waals surface area (Å²) in [6.45, 7) is 1.63. The summed E-state index contributed by atoms with van der Waals surface area (Å²) < 4.78 is 5.18. The Labute approximate surface area is 103 Å². The van der Waals surface area contributed by atoms with Crippen molar-refractivity contribution in [3.05, 3.63) is 22.3 Å². The van der Waals surface area contributed by atoms with Crippen LogP contribution < -0.4 is 0 Å². The zero-order chi connectivity index (χ0) is 11.8. The Kier molecular flexibility index (Phi) is 2.72. The molecule has 90 valence electrons. The lowest BCUT2D eigenvalue weighted by atomic mass is 9.99. The lowest BCUT2D eigenvalue weighted by Crippen LogP contribution is -1.96. The predicted molar refractivity (Wildman–Crippen MR) is 64.9 cm³/mol. The monoisotopic (exact) mass is 250 g/mol. The van der Waals surface area contributed by atoms with Crippen LogP contribution in [-0.2, 0) is 12.8 Å². The Bertz CT molecular complexity index is 507. The van der Waals surface area contributed by atoms with Crippen molar-refractivity contribution in [1.82, 2.24) is 10.1 Å². The largest absolute Gasteiger partial charge is 0.385 e. The van der Waals surface area contributed by atoms with Crippen molar-refractivity contribution in [3.63, 3.8) is 0 Å². The first-order valence-electron chi connectivity index (χ1n) is 5.87. The first-order chi connectivity index (χ1) is 8.24. The van der Waals surface area contributed by atoms with E-state index in [-0.39, 0.29) is 0 Å². The normalized spacial score (nSPS) is 16.8. The van der Waals surface area contributed by atoms with Crippen molar-refractivity contribution in [2.45, 2.75) is 38.7 Å². The number of rotatable bonds is 2. The molecule has 4 nitrogen and oxygen atoms in total. The first-order valence-corrected chi connectivity index (χ1v) is 6.69. The zero-order valence-electron chi connectivity index (χ0n) is 9.64. The summed E-state index contributed by atoms with van der Waals surface area (Å²) in [6, 6.07) is 2.15. The van der Waals surface area contributed by atoms with Gasteiger partial charge in [0.25, 0.3) is 5.89 Å². The van der Waals surface area contributed by atoms with E-state index < -0.39 is 6.10 Å². The third kappa shape index (κ3) is 2.00. The minimum atomic E-state index is -0.679. The molecule has 0 amide bonds. The third-order valence-corrected chi connectivity index (χ3v) is 4.25. The number of fused-ring (bicyclic) bond motifs is 1. The molecule has 2 aromatic rings. The quantitative estimate of drug-likeness (QED) is 0.890. The molecular formula is C12H14N2O2S. The van der Waals surface area contributed by atoms with Crippen molar-refractivity contribution in [1.29, 1.82) is 0 Å². The molecule has 2 heterocycles. The summed E-state index contributed by atoms with van der Waals surface area (Å²) in [6.07, 6.45) is 4.18. The van der Waals surface area contributed by atoms with Crippen molar-refractivity contribution >= 4 is 11.3 Å². The molecule has 0 spiro atoms. The standard InChI is InChI=1S/C12H14N2O2S/c1-7(15)11-13-12(16-14-11)10-6-8-4-2-3-5-9(8)17-10/h6-7,15H,2-5H2,1H3. The van der Waals surface area contributed by atoms with E-state index in [2.05, 4.69) is 16.2 Å². The number of aromatic nitrogens is 2. The van der Waals surface area contributed by atoms with Gasteiger partial charge in [0.05, 0.1) is 4.88 Å². The average molecular weight is 250 g/mol. The van der Waals surface area contributed by atoms with E-state index in [0.29, 0.717) is 11.7 Å². The summed E-state index contributed by atoms with van der Waals surface area (Å²) >= 11 is 1.74. The van der Waals surface area contributed by atoms with Gasteiger partial charge in [-0.25, -0.2) is 0 Å². The van der Waals surface area contributed by atoms with Crippen molar-refractivity contribution in [3.8, 4) is 10.8 Å². The number of aliphatic hydroxyl groups excluding tert-OH is 1. The summed E-state index contributed by atoms with van der Waals surface area (Å²) in [5.41, 5.74) is 1.42. The molecule has 17 heavy (non-hydrogen) atoms. The molecular weight excluding hydrogens is 236 g/mol. The maximum absolute atomic E-state index is 9.36. The van der Waals surface area contributed by atoms with Crippen LogP contribution in [0.15, 0.2) is 10.6 Å². The predicted octanol–water partition coefficient (Wildman–Crippen LogP) is 2.73. The molecule has 0 fully saturated rings. The van der Waals surface area contributed by atoms with E-state index in [1.807, 2.05) is 0 Å². The van der Waals surface area contributed by atoms with Gasteiger partial charge in [0.15, 0.2) is 5.82 Å². The fourth-order valence-electron chi connectivity index (χ4n) is 2.10. The number of hydrogen-bond acceptors (Lipinski definition) is 5. The van der Waals surface area contributed by atoms with Crippen molar-refractivity contribution in [2.75, 3.05) is 0 Å². The van der Waals surface area contributed by atoms with E-state index in [9.17, 15) is 5.11 Å². The molecule has 3 rings (SSSR count). The second-order valence-corrected chi connectivity index (χ2v) is 5.54. The second kappa shape index (κ2) is 4.23. The second-order valence-electron chi connectivity index (χ2n) is 4.40. The van der Waals surface area contributed by atoms with Gasteiger partial charge in [-0.3, -0.25) is 0 Å². The molecule has 0 bridgehead atoms. The highest BCUT2D eigenvalue weighted by Crippen LogP contribution is 2.35. The highest BCUT2D eigenvalue weighted by atomic mass is 32.1. The van der Waals surface area contributed by atoms with Crippen molar-refractivity contribution < 1.29 is 9.63 Å². The molecule has 0 saturated carbocycles. The fraction of sp³-hybridized carbons (Fsp3) is 0.500. The van der Waals surface area contributed by atoms with Crippen LogP contribution in [0.3, 0.4) is 0 Å². The van der Waals surface area contributed by atoms with E-state index in [1.54, 1.807) is 18.3 Å². The molecule has 0 radical (unpaired) electrons. The number of thiophene rings is 1. The topological polar surface area (TPSA) is 59.2 Å². The number of hydrogen-bond donors (Lipinski definition) is 1. The first kappa shape index (κ1) is 10.9. The zero-order valence-corrected chi connectivity index (χ0v) is 10.5. The smallest absolute Gasteiger partial charge is 0.268 e. The van der Waals surface area contributed by atoms with Gasteiger partial charge in [-0.2, -0.15) is 4.98 Å². The van der Waals surface area contributed by atoms with Crippen LogP contribution in [0.5, 0.6) is 0 Å². The Morgan fingerprint density at radius 1 is 1.41 bits per heavy atom. The molecule has 1 aliphatic carbocycles. The van der Waals surface area contributed by atoms with Crippen LogP contribution in [0, 0.1) is 0 Å². The van der Waals surface area contributed by atoms with Crippen LogP contribution in [0.25, 0.3) is 10.8 Å². The van der Waals surface area contributed by atoms with Crippen LogP contribution in [-0.4, -0.2) is 15.2 Å². The number of nitrogens with zero attached hydrogens (tertiary/aromatic N) is 2. The number of aliphatic hydroxyl groups is 1. The highest BCUT2D eigenvalue weighted by molar-refractivity contribution is 7.15. The van der Waals surface area contributed by atoms with Gasteiger partial charge in [0.2, 0.25) is 0 Å². The molecule has 0 saturated heterocycles. The van der Waals surface area contributed by atoms with Gasteiger partial charge in [-0.15, -0.1) is 11.3 Å². The number of aryl methyl sites for hydroxylation is 2. The Balaban J connectivity index is 1.94. The lowest BCUT2D eigenvalue weighted by Gasteiger charge is -2.08. The summed E-state index contributed by atoms with van der Waals surface area (Å²) in [7, 11) is 0. The molecule has 1 aliphatic rings. The highest BCUT2D eigenvalue weighted by Gasteiger charge is 2.18. The van der Waals surface area contributed by atoms with Gasteiger partial charge < -0.3 is 9.63 Å². The minimum Gasteiger partial charge on any atom is -0.385 e. The van der Waals surface area contributed by atoms with Gasteiger partial charge in [0, 0.05) is 4.88 Å². The lowest BCUT2D eigenvalue weighted by molar-refractivity contribution is 0.184. The third-order valence-electron chi connectivity index (χ3n) is 3.02. The minimum absolute atomic E-state index is 0.353. The molecule has 1 atom stereocenters. The van der Waals surface area contributed by atoms with Crippen LogP contribution >= 0.6 is 11.3 Å². The van der Waals surface area contributed by atoms with E-state index in [0.717, 1.165) is 17.7 Å². The van der Waals surface area contributed by atoms with Crippen LogP contribution in [0.1, 0.15) is 42.1 Å². The molecule has 5 heteroatoms. The van der Waals surface area contributed by atoms with Crippen LogP contribution in [0.2, 0.25) is 0 Å². The summed E-state index contributed by atoms with van der Waals surface area (Å²) in [5, 5.41) is 13.1. The summed E-state index contributed by atoms with van der Waals surface area (Å²) in [5.74, 6) is 0.881. The molecule has 1 N–H and O–H groups in total. The van der Waals surface area contributed by atoms with Gasteiger partial charge in [-0.05, 0) is 44.2 Å². The van der Waals surface area contributed by atoms with E-state index in [1.165, 1.54) is 23.3 Å². The molecule has 0 aliphatic heterocycles. The van der Waals surface area contributed by atoms with E-state index >= 15 is 0 Å². The maximum Gasteiger partial charge on any atom is 0.268 e. The molecule has 2 aromatic heterocycles. The average Bonchev–Trinajstić information content (AvgIpc) is 2.95. The van der Waals surface area contributed by atoms with Gasteiger partial charge in [-0.1, -0.05) is 5.16 Å². The maximum atomic E-state index is 9.36. The summed E-state index contributed by atoms with van der Waals surface area (Å²) in [4.78, 5) is 6.68. The SMILES string of the molecule is CC(O)c1noc(-c2cc3c(s2)CCCC3)n1. The molecule has 1 unspecified atom stereocenters.